The van der Waals surface area contributed by atoms with E-state index in [2.05, 4.69) is 15.4 Å². The van der Waals surface area contributed by atoms with Crippen LogP contribution in [0, 0.1) is 0 Å². The summed E-state index contributed by atoms with van der Waals surface area (Å²) in [5, 5.41) is 8.36. The highest BCUT2D eigenvalue weighted by Gasteiger charge is 2.12. The molecule has 3 aromatic rings. The average molecular weight is 303 g/mol. The molecule has 0 unspecified atom stereocenters. The van der Waals surface area contributed by atoms with E-state index in [9.17, 15) is 0 Å². The maximum absolute atomic E-state index is 6.26. The summed E-state index contributed by atoms with van der Waals surface area (Å²) in [6.45, 7) is 1.33. The Labute approximate surface area is 127 Å². The summed E-state index contributed by atoms with van der Waals surface area (Å²) in [7, 11) is 1.67. The number of benzene rings is 1. The first-order chi connectivity index (χ1) is 10.3. The molecule has 2 heterocycles. The molecule has 2 aromatic heterocycles. The fraction of sp³-hybridized carbons (Fsp3) is 0.200. The number of fused-ring (bicyclic) bond motifs is 1. The fourth-order valence-corrected chi connectivity index (χ4v) is 2.41. The van der Waals surface area contributed by atoms with Crippen LogP contribution < -0.4 is 5.32 Å². The molecule has 0 amide bonds. The smallest absolute Gasteiger partial charge is 0.165 e. The van der Waals surface area contributed by atoms with Crippen molar-refractivity contribution in [2.45, 2.75) is 0 Å². The van der Waals surface area contributed by atoms with Gasteiger partial charge in [-0.15, -0.1) is 0 Å². The number of nitrogens with one attached hydrogen (secondary N) is 1. The minimum absolute atomic E-state index is 0.627. The van der Waals surface area contributed by atoms with Gasteiger partial charge in [-0.3, -0.25) is 0 Å². The molecule has 0 saturated heterocycles. The number of ether oxygens (including phenoxy) is 1. The highest BCUT2D eigenvalue weighted by Crippen LogP contribution is 2.30. The second-order valence-electron chi connectivity index (χ2n) is 4.52. The Morgan fingerprint density at radius 2 is 2.10 bits per heavy atom. The normalized spacial score (nSPS) is 11.0. The number of rotatable bonds is 5. The van der Waals surface area contributed by atoms with Gasteiger partial charge in [0, 0.05) is 36.0 Å². The third kappa shape index (κ3) is 2.70. The average Bonchev–Trinajstić information content (AvgIpc) is 2.93. The first-order valence-electron chi connectivity index (χ1n) is 6.61. The highest BCUT2D eigenvalue weighted by molar-refractivity contribution is 6.33. The van der Waals surface area contributed by atoms with E-state index in [0.717, 1.165) is 22.6 Å². The molecular weight excluding hydrogens is 288 g/mol. The lowest BCUT2D eigenvalue weighted by Crippen LogP contribution is -2.11. The lowest BCUT2D eigenvalue weighted by atomic mass is 10.1. The molecule has 0 atom stereocenters. The van der Waals surface area contributed by atoms with Gasteiger partial charge in [0.2, 0.25) is 0 Å². The maximum Gasteiger partial charge on any atom is 0.165 e. The number of hydrogen-bond acceptors (Lipinski definition) is 4. The van der Waals surface area contributed by atoms with Crippen LogP contribution in [0.4, 0.5) is 5.82 Å². The van der Waals surface area contributed by atoms with Crippen LogP contribution >= 0.6 is 11.6 Å². The Kier molecular flexibility index (Phi) is 4.03. The number of aromatic nitrogens is 3. The lowest BCUT2D eigenvalue weighted by Gasteiger charge is -2.07. The Morgan fingerprint density at radius 3 is 2.90 bits per heavy atom. The van der Waals surface area contributed by atoms with Gasteiger partial charge in [-0.1, -0.05) is 29.8 Å². The van der Waals surface area contributed by atoms with Crippen molar-refractivity contribution in [1.29, 1.82) is 0 Å². The molecule has 1 N–H and O–H groups in total. The van der Waals surface area contributed by atoms with Crippen molar-refractivity contribution in [1.82, 2.24) is 14.6 Å². The summed E-state index contributed by atoms with van der Waals surface area (Å²) in [4.78, 5) is 4.42. The van der Waals surface area contributed by atoms with Crippen LogP contribution in [0.3, 0.4) is 0 Å². The SMILES string of the molecule is COCCNc1ccnc2c(-c3ccccc3Cl)cnn12. The van der Waals surface area contributed by atoms with Gasteiger partial charge in [0.25, 0.3) is 0 Å². The predicted octanol–water partition coefficient (Wildman–Crippen LogP) is 3.11. The van der Waals surface area contributed by atoms with E-state index < -0.39 is 0 Å². The Balaban J connectivity index is 2.03. The molecule has 1 aromatic carbocycles. The summed E-state index contributed by atoms with van der Waals surface area (Å²) >= 11 is 6.26. The number of anilines is 1. The first-order valence-corrected chi connectivity index (χ1v) is 6.99. The summed E-state index contributed by atoms with van der Waals surface area (Å²) in [6.07, 6.45) is 3.54. The van der Waals surface area contributed by atoms with Crippen LogP contribution in [0.25, 0.3) is 16.8 Å². The Hall–Kier alpha value is -2.11. The zero-order chi connectivity index (χ0) is 14.7. The van der Waals surface area contributed by atoms with Crippen LogP contribution in [0.2, 0.25) is 5.02 Å². The second-order valence-corrected chi connectivity index (χ2v) is 4.93. The van der Waals surface area contributed by atoms with Gasteiger partial charge in [0.15, 0.2) is 5.65 Å². The molecule has 0 aliphatic heterocycles. The van der Waals surface area contributed by atoms with Crippen molar-refractivity contribution in [3.63, 3.8) is 0 Å². The summed E-state index contributed by atoms with van der Waals surface area (Å²) in [5.41, 5.74) is 2.61. The number of nitrogens with zero attached hydrogens (tertiary/aromatic N) is 3. The quantitative estimate of drug-likeness (QED) is 0.736. The van der Waals surface area contributed by atoms with Gasteiger partial charge in [-0.2, -0.15) is 9.61 Å². The molecule has 108 valence electrons. The number of halogens is 1. The van der Waals surface area contributed by atoms with E-state index in [1.807, 2.05) is 30.3 Å². The molecule has 0 spiro atoms. The zero-order valence-corrected chi connectivity index (χ0v) is 12.3. The van der Waals surface area contributed by atoms with Crippen LogP contribution in [-0.4, -0.2) is 34.9 Å². The minimum atomic E-state index is 0.627. The molecule has 0 aliphatic carbocycles. The minimum Gasteiger partial charge on any atom is -0.383 e. The molecule has 6 heteroatoms. The topological polar surface area (TPSA) is 51.5 Å². The zero-order valence-electron chi connectivity index (χ0n) is 11.6. The predicted molar refractivity (Wildman–Crippen MR) is 83.8 cm³/mol. The standard InChI is InChI=1S/C15H15ClN4O/c1-21-9-8-17-14-6-7-18-15-12(10-19-20(14)15)11-4-2-3-5-13(11)16/h2-7,10,17H,8-9H2,1H3. The lowest BCUT2D eigenvalue weighted by molar-refractivity contribution is 0.210. The Bertz CT molecular complexity index is 756. The molecule has 0 aliphatic rings. The molecule has 0 radical (unpaired) electrons. The third-order valence-corrected chi connectivity index (χ3v) is 3.51. The number of hydrogen-bond donors (Lipinski definition) is 1. The highest BCUT2D eigenvalue weighted by atomic mass is 35.5. The van der Waals surface area contributed by atoms with Crippen molar-refractivity contribution < 1.29 is 4.74 Å². The van der Waals surface area contributed by atoms with E-state index in [0.29, 0.717) is 18.2 Å². The first kappa shape index (κ1) is 13.9. The molecule has 0 bridgehead atoms. The largest absolute Gasteiger partial charge is 0.383 e. The van der Waals surface area contributed by atoms with Crippen molar-refractivity contribution in [2.24, 2.45) is 0 Å². The van der Waals surface area contributed by atoms with Crippen molar-refractivity contribution in [3.8, 4) is 11.1 Å². The van der Waals surface area contributed by atoms with Gasteiger partial charge in [-0.25, -0.2) is 4.98 Å². The third-order valence-electron chi connectivity index (χ3n) is 3.18. The van der Waals surface area contributed by atoms with Crippen LogP contribution in [0.1, 0.15) is 0 Å². The number of methoxy groups -OCH3 is 1. The van der Waals surface area contributed by atoms with Crippen LogP contribution in [0.5, 0.6) is 0 Å². The van der Waals surface area contributed by atoms with Crippen LogP contribution in [0.15, 0.2) is 42.7 Å². The second kappa shape index (κ2) is 6.11. The van der Waals surface area contributed by atoms with E-state index in [1.54, 1.807) is 24.0 Å². The summed E-state index contributed by atoms with van der Waals surface area (Å²) in [6, 6.07) is 9.56. The van der Waals surface area contributed by atoms with Crippen LogP contribution in [-0.2, 0) is 4.74 Å². The van der Waals surface area contributed by atoms with Crippen molar-refractivity contribution in [3.05, 3.63) is 47.7 Å². The summed E-state index contributed by atoms with van der Waals surface area (Å²) < 4.78 is 6.81. The van der Waals surface area contributed by atoms with Gasteiger partial charge in [-0.05, 0) is 12.1 Å². The van der Waals surface area contributed by atoms with E-state index in [-0.39, 0.29) is 0 Å². The van der Waals surface area contributed by atoms with Crippen molar-refractivity contribution >= 4 is 23.1 Å². The molecule has 21 heavy (non-hydrogen) atoms. The summed E-state index contributed by atoms with van der Waals surface area (Å²) in [5.74, 6) is 0.871. The van der Waals surface area contributed by atoms with E-state index in [1.165, 1.54) is 0 Å². The Morgan fingerprint density at radius 1 is 1.24 bits per heavy atom. The maximum atomic E-state index is 6.26. The molecule has 0 fully saturated rings. The monoisotopic (exact) mass is 302 g/mol. The van der Waals surface area contributed by atoms with Gasteiger partial charge in [0.05, 0.1) is 12.8 Å². The fourth-order valence-electron chi connectivity index (χ4n) is 2.18. The van der Waals surface area contributed by atoms with Gasteiger partial charge >= 0.3 is 0 Å². The molecule has 3 rings (SSSR count). The molecular formula is C15H15ClN4O. The van der Waals surface area contributed by atoms with Crippen molar-refractivity contribution in [2.75, 3.05) is 25.6 Å². The molecule has 0 saturated carbocycles. The molecule has 5 nitrogen and oxygen atoms in total. The van der Waals surface area contributed by atoms with Gasteiger partial charge in [0.1, 0.15) is 5.82 Å². The van der Waals surface area contributed by atoms with Gasteiger partial charge < -0.3 is 10.1 Å². The van der Waals surface area contributed by atoms with E-state index >= 15 is 0 Å². The van der Waals surface area contributed by atoms with E-state index in [4.69, 9.17) is 16.3 Å².